The van der Waals surface area contributed by atoms with Crippen LogP contribution in [0.5, 0.6) is 11.5 Å². The average Bonchev–Trinajstić information content (AvgIpc) is 2.38. The van der Waals surface area contributed by atoms with E-state index in [1.54, 1.807) is 13.2 Å². The minimum atomic E-state index is -0.519. The molecular weight excluding hydrogens is 301 g/mol. The van der Waals surface area contributed by atoms with Crippen molar-refractivity contribution in [2.45, 2.75) is 6.61 Å². The van der Waals surface area contributed by atoms with Crippen LogP contribution in [0.3, 0.4) is 0 Å². The van der Waals surface area contributed by atoms with E-state index in [1.807, 2.05) is 18.2 Å². The molecule has 0 unspecified atom stereocenters. The molecule has 0 atom stereocenters. The molecule has 5 heteroatoms. The molecule has 1 aromatic carbocycles. The summed E-state index contributed by atoms with van der Waals surface area (Å²) in [5, 5.41) is 0. The Hall–Kier alpha value is -1.62. The Bertz CT molecular complexity index is 531. The van der Waals surface area contributed by atoms with Crippen molar-refractivity contribution in [2.24, 2.45) is 0 Å². The SMILES string of the molecule is COc1ccc(COc2ccc(F)nc2)cc1Br. The van der Waals surface area contributed by atoms with Gasteiger partial charge in [0, 0.05) is 0 Å². The average molecular weight is 312 g/mol. The van der Waals surface area contributed by atoms with Crippen LogP contribution in [-0.4, -0.2) is 12.1 Å². The van der Waals surface area contributed by atoms with Gasteiger partial charge in [0.1, 0.15) is 18.1 Å². The predicted molar refractivity (Wildman–Crippen MR) is 69.2 cm³/mol. The molecule has 0 spiro atoms. The zero-order valence-electron chi connectivity index (χ0n) is 9.69. The first-order valence-electron chi connectivity index (χ1n) is 5.26. The van der Waals surface area contributed by atoms with Crippen LogP contribution in [0.4, 0.5) is 4.39 Å². The van der Waals surface area contributed by atoms with Crippen LogP contribution in [0.15, 0.2) is 41.0 Å². The highest BCUT2D eigenvalue weighted by molar-refractivity contribution is 9.10. The van der Waals surface area contributed by atoms with E-state index in [2.05, 4.69) is 20.9 Å². The highest BCUT2D eigenvalue weighted by Gasteiger charge is 2.02. The van der Waals surface area contributed by atoms with Crippen molar-refractivity contribution >= 4 is 15.9 Å². The summed E-state index contributed by atoms with van der Waals surface area (Å²) in [6, 6.07) is 8.47. The van der Waals surface area contributed by atoms with E-state index >= 15 is 0 Å². The minimum absolute atomic E-state index is 0.385. The summed E-state index contributed by atoms with van der Waals surface area (Å²) in [5.41, 5.74) is 0.979. The number of halogens is 2. The summed E-state index contributed by atoms with van der Waals surface area (Å²) in [7, 11) is 1.61. The fourth-order valence-corrected chi connectivity index (χ4v) is 2.00. The second-order valence-electron chi connectivity index (χ2n) is 3.57. The summed E-state index contributed by atoms with van der Waals surface area (Å²) in [6.45, 7) is 0.385. The van der Waals surface area contributed by atoms with Gasteiger partial charge in [0.25, 0.3) is 0 Å². The molecule has 3 nitrogen and oxygen atoms in total. The molecule has 1 heterocycles. The van der Waals surface area contributed by atoms with Gasteiger partial charge in [-0.3, -0.25) is 0 Å². The van der Waals surface area contributed by atoms with E-state index in [4.69, 9.17) is 9.47 Å². The monoisotopic (exact) mass is 311 g/mol. The van der Waals surface area contributed by atoms with Gasteiger partial charge in [-0.15, -0.1) is 0 Å². The van der Waals surface area contributed by atoms with Crippen molar-refractivity contribution in [3.63, 3.8) is 0 Å². The van der Waals surface area contributed by atoms with Gasteiger partial charge in [0.15, 0.2) is 0 Å². The first kappa shape index (κ1) is 12.8. The second-order valence-corrected chi connectivity index (χ2v) is 4.43. The van der Waals surface area contributed by atoms with Crippen molar-refractivity contribution in [2.75, 3.05) is 7.11 Å². The summed E-state index contributed by atoms with van der Waals surface area (Å²) >= 11 is 3.40. The van der Waals surface area contributed by atoms with Gasteiger partial charge in [-0.25, -0.2) is 4.98 Å². The number of methoxy groups -OCH3 is 1. The Morgan fingerprint density at radius 1 is 1.28 bits per heavy atom. The molecule has 0 saturated carbocycles. The van der Waals surface area contributed by atoms with Crippen molar-refractivity contribution in [1.29, 1.82) is 0 Å². The maximum absolute atomic E-state index is 12.6. The molecule has 0 amide bonds. The zero-order chi connectivity index (χ0) is 13.0. The van der Waals surface area contributed by atoms with E-state index < -0.39 is 5.95 Å². The van der Waals surface area contributed by atoms with Crippen LogP contribution in [0.2, 0.25) is 0 Å². The van der Waals surface area contributed by atoms with Crippen LogP contribution < -0.4 is 9.47 Å². The second kappa shape index (κ2) is 5.82. The molecular formula is C13H11BrFNO2. The van der Waals surface area contributed by atoms with E-state index in [-0.39, 0.29) is 0 Å². The van der Waals surface area contributed by atoms with Crippen LogP contribution in [0.1, 0.15) is 5.56 Å². The highest BCUT2D eigenvalue weighted by atomic mass is 79.9. The summed E-state index contributed by atoms with van der Waals surface area (Å²) in [4.78, 5) is 3.52. The van der Waals surface area contributed by atoms with Crippen LogP contribution in [0.25, 0.3) is 0 Å². The first-order valence-corrected chi connectivity index (χ1v) is 6.05. The lowest BCUT2D eigenvalue weighted by Crippen LogP contribution is -1.97. The largest absolute Gasteiger partial charge is 0.496 e. The molecule has 94 valence electrons. The first-order chi connectivity index (χ1) is 8.69. The molecule has 0 fully saturated rings. The Balaban J connectivity index is 2.02. The Kier molecular flexibility index (Phi) is 4.15. The number of aromatic nitrogens is 1. The Morgan fingerprint density at radius 2 is 2.11 bits per heavy atom. The standard InChI is InChI=1S/C13H11BrFNO2/c1-17-12-4-2-9(6-11(12)14)8-18-10-3-5-13(15)16-7-10/h2-7H,8H2,1H3. The fraction of sp³-hybridized carbons (Fsp3) is 0.154. The third-order valence-electron chi connectivity index (χ3n) is 2.32. The summed E-state index contributed by atoms with van der Waals surface area (Å²) in [6.07, 6.45) is 1.36. The fourth-order valence-electron chi connectivity index (χ4n) is 1.41. The molecule has 18 heavy (non-hydrogen) atoms. The van der Waals surface area contributed by atoms with Crippen molar-refractivity contribution in [3.05, 3.63) is 52.5 Å². The number of benzene rings is 1. The lowest BCUT2D eigenvalue weighted by Gasteiger charge is -2.08. The number of ether oxygens (including phenoxy) is 2. The van der Waals surface area contributed by atoms with Crippen LogP contribution in [0, 0.1) is 5.95 Å². The molecule has 2 rings (SSSR count). The molecule has 0 aliphatic carbocycles. The molecule has 0 bridgehead atoms. The molecule has 0 radical (unpaired) electrons. The summed E-state index contributed by atoms with van der Waals surface area (Å²) in [5.74, 6) is 0.778. The van der Waals surface area contributed by atoms with Gasteiger partial charge >= 0.3 is 0 Å². The number of hydrogen-bond donors (Lipinski definition) is 0. The lowest BCUT2D eigenvalue weighted by atomic mass is 10.2. The number of hydrogen-bond acceptors (Lipinski definition) is 3. The van der Waals surface area contributed by atoms with E-state index in [0.29, 0.717) is 12.4 Å². The van der Waals surface area contributed by atoms with E-state index in [1.165, 1.54) is 12.3 Å². The van der Waals surface area contributed by atoms with Gasteiger partial charge in [-0.1, -0.05) is 6.07 Å². The van der Waals surface area contributed by atoms with Gasteiger partial charge in [0.2, 0.25) is 5.95 Å². The van der Waals surface area contributed by atoms with Crippen molar-refractivity contribution in [1.82, 2.24) is 4.98 Å². The molecule has 0 saturated heterocycles. The van der Waals surface area contributed by atoms with Crippen LogP contribution >= 0.6 is 15.9 Å². The highest BCUT2D eigenvalue weighted by Crippen LogP contribution is 2.26. The Morgan fingerprint density at radius 3 is 2.72 bits per heavy atom. The van der Waals surface area contributed by atoms with Gasteiger partial charge in [-0.2, -0.15) is 4.39 Å². The molecule has 0 aliphatic heterocycles. The van der Waals surface area contributed by atoms with Gasteiger partial charge in [0.05, 0.1) is 17.8 Å². The molecule has 1 aromatic heterocycles. The maximum atomic E-state index is 12.6. The topological polar surface area (TPSA) is 31.4 Å². The number of rotatable bonds is 4. The normalized spacial score (nSPS) is 10.2. The smallest absolute Gasteiger partial charge is 0.213 e. The van der Waals surface area contributed by atoms with E-state index in [0.717, 1.165) is 15.8 Å². The van der Waals surface area contributed by atoms with Crippen molar-refractivity contribution < 1.29 is 13.9 Å². The Labute approximate surface area is 113 Å². The maximum Gasteiger partial charge on any atom is 0.213 e. The lowest BCUT2D eigenvalue weighted by molar-refractivity contribution is 0.303. The number of nitrogens with zero attached hydrogens (tertiary/aromatic N) is 1. The van der Waals surface area contributed by atoms with Crippen molar-refractivity contribution in [3.8, 4) is 11.5 Å². The minimum Gasteiger partial charge on any atom is -0.496 e. The zero-order valence-corrected chi connectivity index (χ0v) is 11.3. The molecule has 0 N–H and O–H groups in total. The third kappa shape index (κ3) is 3.20. The molecule has 0 aliphatic rings. The van der Waals surface area contributed by atoms with Gasteiger partial charge < -0.3 is 9.47 Å². The van der Waals surface area contributed by atoms with Gasteiger partial charge in [-0.05, 0) is 45.8 Å². The van der Waals surface area contributed by atoms with Crippen LogP contribution in [-0.2, 0) is 6.61 Å². The third-order valence-corrected chi connectivity index (χ3v) is 2.94. The predicted octanol–water partition coefficient (Wildman–Crippen LogP) is 3.57. The number of pyridine rings is 1. The summed E-state index contributed by atoms with van der Waals surface area (Å²) < 4.78 is 24.1. The quantitative estimate of drug-likeness (QED) is 0.809. The van der Waals surface area contributed by atoms with E-state index in [9.17, 15) is 4.39 Å². The molecule has 2 aromatic rings.